The molecule has 2 aliphatic rings. The summed E-state index contributed by atoms with van der Waals surface area (Å²) in [6.45, 7) is 8.83. The molecule has 0 fully saturated rings. The number of aliphatic imine (C=N–C) groups is 1. The van der Waals surface area contributed by atoms with Crippen molar-refractivity contribution < 1.29 is 9.53 Å². The third-order valence-corrected chi connectivity index (χ3v) is 6.04. The quantitative estimate of drug-likeness (QED) is 0.675. The largest absolute Gasteiger partial charge is 0.375 e. The van der Waals surface area contributed by atoms with Gasteiger partial charge in [-0.2, -0.15) is 5.26 Å². The van der Waals surface area contributed by atoms with Gasteiger partial charge in [0.25, 0.3) is 5.91 Å². The highest BCUT2D eigenvalue weighted by molar-refractivity contribution is 6.17. The number of hydrogen-bond donors (Lipinski definition) is 1. The highest BCUT2D eigenvalue weighted by atomic mass is 16.5. The Bertz CT molecular complexity index is 1290. The number of allylic oxidation sites excluding steroid dienone is 6. The van der Waals surface area contributed by atoms with Crippen molar-refractivity contribution in [1.29, 1.82) is 5.26 Å². The van der Waals surface area contributed by atoms with Crippen molar-refractivity contribution in [2.45, 2.75) is 25.9 Å². The number of ether oxygens (including phenoxy) is 1. The molecule has 0 bridgehead atoms. The van der Waals surface area contributed by atoms with E-state index in [2.05, 4.69) is 41.2 Å². The third-order valence-electron chi connectivity index (χ3n) is 6.04. The van der Waals surface area contributed by atoms with Crippen LogP contribution in [0.4, 0.5) is 0 Å². The van der Waals surface area contributed by atoms with Gasteiger partial charge in [-0.1, -0.05) is 61.2 Å². The Balaban J connectivity index is 1.48. The summed E-state index contributed by atoms with van der Waals surface area (Å²) in [5.41, 5.74) is 6.06. The van der Waals surface area contributed by atoms with Gasteiger partial charge in [0.2, 0.25) is 0 Å². The molecule has 1 aliphatic heterocycles. The van der Waals surface area contributed by atoms with Gasteiger partial charge in [0.1, 0.15) is 5.41 Å². The number of benzene rings is 2. The fraction of sp³-hybridized carbons (Fsp3) is 0.207. The lowest BCUT2D eigenvalue weighted by Crippen LogP contribution is -2.33. The van der Waals surface area contributed by atoms with E-state index >= 15 is 0 Å². The van der Waals surface area contributed by atoms with E-state index in [-0.39, 0.29) is 12.5 Å². The maximum absolute atomic E-state index is 12.8. The van der Waals surface area contributed by atoms with Crippen LogP contribution in [0, 0.1) is 11.3 Å². The van der Waals surface area contributed by atoms with Crippen molar-refractivity contribution in [2.75, 3.05) is 13.2 Å². The molecule has 1 heterocycles. The molecule has 0 saturated heterocycles. The van der Waals surface area contributed by atoms with Crippen LogP contribution < -0.4 is 5.32 Å². The first-order valence-electron chi connectivity index (χ1n) is 11.2. The van der Waals surface area contributed by atoms with Crippen LogP contribution in [0.5, 0.6) is 0 Å². The Morgan fingerprint density at radius 2 is 2.06 bits per heavy atom. The van der Waals surface area contributed by atoms with E-state index in [1.165, 1.54) is 0 Å². The molecule has 0 aromatic heterocycles. The summed E-state index contributed by atoms with van der Waals surface area (Å²) in [6.07, 6.45) is 8.15. The monoisotopic (exact) mass is 449 g/mol. The van der Waals surface area contributed by atoms with Crippen molar-refractivity contribution in [2.24, 2.45) is 4.99 Å². The first kappa shape index (κ1) is 23.2. The van der Waals surface area contributed by atoms with Crippen LogP contribution in [0.2, 0.25) is 0 Å². The number of nitrogens with zero attached hydrogens (tertiary/aromatic N) is 2. The van der Waals surface area contributed by atoms with E-state index in [9.17, 15) is 10.1 Å². The van der Waals surface area contributed by atoms with Gasteiger partial charge < -0.3 is 10.1 Å². The van der Waals surface area contributed by atoms with E-state index in [0.29, 0.717) is 24.5 Å². The molecule has 4 rings (SSSR count). The lowest BCUT2D eigenvalue weighted by Gasteiger charge is -2.30. The number of rotatable bonds is 5. The Labute approximate surface area is 200 Å². The molecule has 0 unspecified atom stereocenters. The standard InChI is InChI=1S/C29H27N3O2/c1-4-21-10-11-23(22-8-6-5-7-9-22)15-27(21)32-20(2)16-31-28(33)24-12-13-25-17-34-19-29(3,18-30)26(25)14-24/h4-15H,2,16-17,19H2,1,3H3,(H,31,33)/b21-4-,32-27?/t29-/m1/s1. The summed E-state index contributed by atoms with van der Waals surface area (Å²) in [6, 6.07) is 17.9. The van der Waals surface area contributed by atoms with E-state index in [4.69, 9.17) is 4.74 Å². The summed E-state index contributed by atoms with van der Waals surface area (Å²) in [5, 5.41) is 12.5. The van der Waals surface area contributed by atoms with Gasteiger partial charge in [-0.3, -0.25) is 9.79 Å². The minimum absolute atomic E-state index is 0.216. The second kappa shape index (κ2) is 9.86. The topological polar surface area (TPSA) is 74.5 Å². The molecule has 0 radical (unpaired) electrons. The molecule has 1 atom stereocenters. The van der Waals surface area contributed by atoms with Crippen molar-refractivity contribution in [3.8, 4) is 6.07 Å². The highest BCUT2D eigenvalue weighted by Crippen LogP contribution is 2.32. The van der Waals surface area contributed by atoms with Crippen LogP contribution in [0.3, 0.4) is 0 Å². The predicted molar refractivity (Wildman–Crippen MR) is 135 cm³/mol. The summed E-state index contributed by atoms with van der Waals surface area (Å²) >= 11 is 0. The number of nitrogens with one attached hydrogen (secondary N) is 1. The lowest BCUT2D eigenvalue weighted by molar-refractivity contribution is 0.0757. The lowest BCUT2D eigenvalue weighted by atomic mass is 9.79. The fourth-order valence-corrected chi connectivity index (χ4v) is 4.08. The normalized spacial score (nSPS) is 21.5. The maximum Gasteiger partial charge on any atom is 0.251 e. The third kappa shape index (κ3) is 4.83. The summed E-state index contributed by atoms with van der Waals surface area (Å²) in [4.78, 5) is 17.5. The molecule has 1 amide bonds. The van der Waals surface area contributed by atoms with Crippen LogP contribution in [-0.4, -0.2) is 24.8 Å². The summed E-state index contributed by atoms with van der Waals surface area (Å²) in [7, 11) is 0. The Hall–Kier alpha value is -4.01. The van der Waals surface area contributed by atoms with Gasteiger partial charge in [-0.05, 0) is 59.9 Å². The number of nitriles is 1. The number of amides is 1. The average molecular weight is 450 g/mol. The molecular formula is C29H27N3O2. The van der Waals surface area contributed by atoms with Gasteiger partial charge >= 0.3 is 0 Å². The molecule has 34 heavy (non-hydrogen) atoms. The van der Waals surface area contributed by atoms with Crippen LogP contribution in [-0.2, 0) is 16.8 Å². The molecule has 5 heteroatoms. The van der Waals surface area contributed by atoms with E-state index < -0.39 is 5.41 Å². The first-order valence-corrected chi connectivity index (χ1v) is 11.2. The summed E-state index contributed by atoms with van der Waals surface area (Å²) < 4.78 is 5.54. The van der Waals surface area contributed by atoms with Crippen LogP contribution >= 0.6 is 0 Å². The van der Waals surface area contributed by atoms with Crippen molar-refractivity contribution in [3.05, 3.63) is 113 Å². The van der Waals surface area contributed by atoms with Crippen molar-refractivity contribution in [1.82, 2.24) is 5.32 Å². The van der Waals surface area contributed by atoms with Gasteiger partial charge in [0.15, 0.2) is 0 Å². The zero-order chi connectivity index (χ0) is 24.1. The Morgan fingerprint density at radius 1 is 1.26 bits per heavy atom. The van der Waals surface area contributed by atoms with E-state index in [0.717, 1.165) is 33.5 Å². The molecule has 1 aliphatic carbocycles. The number of fused-ring (bicyclic) bond motifs is 1. The molecular weight excluding hydrogens is 422 g/mol. The van der Waals surface area contributed by atoms with Crippen molar-refractivity contribution in [3.63, 3.8) is 0 Å². The highest BCUT2D eigenvalue weighted by Gasteiger charge is 2.33. The fourth-order valence-electron chi connectivity index (χ4n) is 4.08. The number of carbonyl (C=O) groups is 1. The zero-order valence-corrected chi connectivity index (χ0v) is 19.5. The van der Waals surface area contributed by atoms with Gasteiger partial charge in [-0.25, -0.2) is 0 Å². The Morgan fingerprint density at radius 3 is 2.79 bits per heavy atom. The SMILES string of the molecule is C=C(CNC(=O)c1ccc2c(c1)[C@](C)(C#N)COC2)N=C1C=C(c2ccccc2)C=C/C1=C/C. The molecule has 0 saturated carbocycles. The number of hydrogen-bond acceptors (Lipinski definition) is 4. The van der Waals surface area contributed by atoms with Crippen LogP contribution in [0.25, 0.3) is 5.57 Å². The zero-order valence-electron chi connectivity index (χ0n) is 19.5. The molecule has 0 spiro atoms. The molecule has 170 valence electrons. The predicted octanol–water partition coefficient (Wildman–Crippen LogP) is 5.28. The Kier molecular flexibility index (Phi) is 6.72. The van der Waals surface area contributed by atoms with Crippen molar-refractivity contribution >= 4 is 17.2 Å². The summed E-state index contributed by atoms with van der Waals surface area (Å²) in [5.74, 6) is -0.230. The molecule has 2 aromatic rings. The van der Waals surface area contributed by atoms with Crippen LogP contribution in [0.15, 0.2) is 95.7 Å². The minimum Gasteiger partial charge on any atom is -0.375 e. The molecule has 1 N–H and O–H groups in total. The second-order valence-electron chi connectivity index (χ2n) is 8.60. The second-order valence-corrected chi connectivity index (χ2v) is 8.60. The van der Waals surface area contributed by atoms with Crippen LogP contribution in [0.1, 0.15) is 40.9 Å². The average Bonchev–Trinajstić information content (AvgIpc) is 2.88. The maximum atomic E-state index is 12.8. The smallest absolute Gasteiger partial charge is 0.251 e. The van der Waals surface area contributed by atoms with E-state index in [1.54, 1.807) is 12.1 Å². The molecule has 2 aromatic carbocycles. The van der Waals surface area contributed by atoms with E-state index in [1.807, 2.05) is 56.3 Å². The molecule has 5 nitrogen and oxygen atoms in total. The number of carbonyl (C=O) groups excluding carboxylic acids is 1. The van der Waals surface area contributed by atoms with Gasteiger partial charge in [-0.15, -0.1) is 0 Å². The minimum atomic E-state index is -0.764. The van der Waals surface area contributed by atoms with Gasteiger partial charge in [0, 0.05) is 5.56 Å². The first-order chi connectivity index (χ1) is 16.4. The van der Waals surface area contributed by atoms with Gasteiger partial charge in [0.05, 0.1) is 37.2 Å².